The number of rotatable bonds is 3. The molecule has 0 heterocycles. The summed E-state index contributed by atoms with van der Waals surface area (Å²) < 4.78 is 4.74. The predicted octanol–water partition coefficient (Wildman–Crippen LogP) is 1.01. The highest BCUT2D eigenvalue weighted by atomic mass is 16.6. The Hall–Kier alpha value is -1.39. The first-order valence-electron chi connectivity index (χ1n) is 4.49. The zero-order valence-electron chi connectivity index (χ0n) is 9.58. The number of carbonyl (C=O) groups is 3. The number of ether oxygens (including phenoxy) is 1. The molecular formula is C10H16O5. The molecule has 1 N–H and O–H groups in total. The van der Waals surface area contributed by atoms with E-state index in [1.807, 2.05) is 0 Å². The van der Waals surface area contributed by atoms with Crippen LogP contribution in [-0.2, 0) is 19.1 Å². The van der Waals surface area contributed by atoms with Gasteiger partial charge in [-0.2, -0.15) is 0 Å². The fraction of sp³-hybridized carbons (Fsp3) is 0.700. The standard InChI is InChI=1S/C10H16O5/c1-6(11)10(8(13)14,9(3,4)5)15-7(2)12/h1-5H3,(H,13,14). The minimum atomic E-state index is -2.11. The summed E-state index contributed by atoms with van der Waals surface area (Å²) in [6.45, 7) is 6.77. The third-order valence-electron chi connectivity index (χ3n) is 2.15. The van der Waals surface area contributed by atoms with Gasteiger partial charge < -0.3 is 9.84 Å². The number of carboxylic acid groups (broad SMARTS) is 1. The Balaban J connectivity index is 5.60. The molecule has 0 saturated carbocycles. The molecule has 1 atom stereocenters. The number of carboxylic acids is 1. The van der Waals surface area contributed by atoms with Gasteiger partial charge in [0.25, 0.3) is 5.60 Å². The van der Waals surface area contributed by atoms with Crippen LogP contribution < -0.4 is 0 Å². The zero-order chi connectivity index (χ0) is 12.4. The molecule has 0 saturated heterocycles. The summed E-state index contributed by atoms with van der Waals surface area (Å²) in [5.41, 5.74) is -3.12. The Morgan fingerprint density at radius 2 is 1.47 bits per heavy atom. The van der Waals surface area contributed by atoms with Gasteiger partial charge in [-0.1, -0.05) is 20.8 Å². The Kier molecular flexibility index (Phi) is 3.63. The summed E-state index contributed by atoms with van der Waals surface area (Å²) in [5, 5.41) is 9.08. The second-order valence-electron chi connectivity index (χ2n) is 4.39. The zero-order valence-corrected chi connectivity index (χ0v) is 9.58. The molecule has 0 aliphatic carbocycles. The maximum atomic E-state index is 11.4. The van der Waals surface area contributed by atoms with Gasteiger partial charge in [-0.05, 0) is 6.92 Å². The molecule has 1 unspecified atom stereocenters. The van der Waals surface area contributed by atoms with Crippen molar-refractivity contribution < 1.29 is 24.2 Å². The molecule has 0 rings (SSSR count). The first-order valence-corrected chi connectivity index (χ1v) is 4.49. The molecule has 86 valence electrons. The van der Waals surface area contributed by atoms with Crippen LogP contribution in [0, 0.1) is 5.41 Å². The summed E-state index contributed by atoms with van der Waals surface area (Å²) in [4.78, 5) is 33.5. The van der Waals surface area contributed by atoms with E-state index in [0.29, 0.717) is 0 Å². The fourth-order valence-corrected chi connectivity index (χ4v) is 1.48. The lowest BCUT2D eigenvalue weighted by Gasteiger charge is -2.37. The van der Waals surface area contributed by atoms with Crippen LogP contribution >= 0.6 is 0 Å². The van der Waals surface area contributed by atoms with E-state index >= 15 is 0 Å². The van der Waals surface area contributed by atoms with Gasteiger partial charge in [-0.25, -0.2) is 4.79 Å². The molecule has 0 aromatic carbocycles. The Bertz CT molecular complexity index is 283. The van der Waals surface area contributed by atoms with Crippen LogP contribution in [0.15, 0.2) is 0 Å². The SMILES string of the molecule is CC(=O)OC(C(C)=O)(C(=O)O)C(C)(C)C. The lowest BCUT2D eigenvalue weighted by atomic mass is 9.74. The summed E-state index contributed by atoms with van der Waals surface area (Å²) >= 11 is 0. The molecule has 0 spiro atoms. The van der Waals surface area contributed by atoms with Crippen molar-refractivity contribution in [3.8, 4) is 0 Å². The highest BCUT2D eigenvalue weighted by molar-refractivity contribution is 6.07. The summed E-state index contributed by atoms with van der Waals surface area (Å²) in [7, 11) is 0. The van der Waals surface area contributed by atoms with Gasteiger partial charge in [-0.3, -0.25) is 9.59 Å². The summed E-state index contributed by atoms with van der Waals surface area (Å²) in [6.07, 6.45) is 0. The number of hydrogen-bond acceptors (Lipinski definition) is 4. The van der Waals surface area contributed by atoms with Crippen LogP contribution in [0.5, 0.6) is 0 Å². The van der Waals surface area contributed by atoms with Crippen LogP contribution in [0.4, 0.5) is 0 Å². The third kappa shape index (κ3) is 2.34. The van der Waals surface area contributed by atoms with E-state index in [1.165, 1.54) is 20.8 Å². The normalized spacial score (nSPS) is 15.3. The largest absolute Gasteiger partial charge is 0.478 e. The van der Waals surface area contributed by atoms with Crippen LogP contribution in [0.1, 0.15) is 34.6 Å². The van der Waals surface area contributed by atoms with E-state index in [-0.39, 0.29) is 0 Å². The Morgan fingerprint density at radius 3 is 1.53 bits per heavy atom. The van der Waals surface area contributed by atoms with Crippen molar-refractivity contribution in [1.29, 1.82) is 0 Å². The minimum absolute atomic E-state index is 0.697. The number of Topliss-reactive ketones (excluding diaryl/α,β-unsaturated/α-hetero) is 1. The van der Waals surface area contributed by atoms with Crippen molar-refractivity contribution in [2.45, 2.75) is 40.2 Å². The van der Waals surface area contributed by atoms with E-state index in [0.717, 1.165) is 13.8 Å². The van der Waals surface area contributed by atoms with Crippen molar-refractivity contribution >= 4 is 17.7 Å². The summed E-state index contributed by atoms with van der Waals surface area (Å²) in [5.74, 6) is -2.93. The van der Waals surface area contributed by atoms with Crippen LogP contribution in [0.2, 0.25) is 0 Å². The molecule has 0 aliphatic rings. The first kappa shape index (κ1) is 13.6. The van der Waals surface area contributed by atoms with E-state index in [2.05, 4.69) is 0 Å². The molecule has 0 aromatic rings. The molecule has 0 amide bonds. The lowest BCUT2D eigenvalue weighted by molar-refractivity contribution is -0.193. The number of hydrogen-bond donors (Lipinski definition) is 1. The van der Waals surface area contributed by atoms with Gasteiger partial charge in [0, 0.05) is 12.3 Å². The van der Waals surface area contributed by atoms with Crippen molar-refractivity contribution in [2.24, 2.45) is 5.41 Å². The maximum Gasteiger partial charge on any atom is 0.356 e. The maximum absolute atomic E-state index is 11.4. The van der Waals surface area contributed by atoms with E-state index in [9.17, 15) is 14.4 Å². The van der Waals surface area contributed by atoms with Crippen molar-refractivity contribution in [3.05, 3.63) is 0 Å². The average Bonchev–Trinajstić information content (AvgIpc) is 1.95. The van der Waals surface area contributed by atoms with E-state index < -0.39 is 28.7 Å². The van der Waals surface area contributed by atoms with E-state index in [4.69, 9.17) is 9.84 Å². The second-order valence-corrected chi connectivity index (χ2v) is 4.39. The predicted molar refractivity (Wildman–Crippen MR) is 52.3 cm³/mol. The molecule has 0 radical (unpaired) electrons. The highest BCUT2D eigenvalue weighted by Gasteiger charge is 2.56. The molecular weight excluding hydrogens is 200 g/mol. The quantitative estimate of drug-likeness (QED) is 0.562. The molecule has 0 aromatic heterocycles. The monoisotopic (exact) mass is 216 g/mol. The van der Waals surface area contributed by atoms with Gasteiger partial charge in [0.05, 0.1) is 0 Å². The van der Waals surface area contributed by atoms with Crippen molar-refractivity contribution in [1.82, 2.24) is 0 Å². The van der Waals surface area contributed by atoms with Crippen LogP contribution in [-0.4, -0.2) is 28.4 Å². The van der Waals surface area contributed by atoms with Gasteiger partial charge in [-0.15, -0.1) is 0 Å². The average molecular weight is 216 g/mol. The smallest absolute Gasteiger partial charge is 0.356 e. The highest BCUT2D eigenvalue weighted by Crippen LogP contribution is 2.35. The fourth-order valence-electron chi connectivity index (χ4n) is 1.48. The van der Waals surface area contributed by atoms with Gasteiger partial charge in [0.1, 0.15) is 0 Å². The number of ketones is 1. The molecule has 15 heavy (non-hydrogen) atoms. The van der Waals surface area contributed by atoms with E-state index in [1.54, 1.807) is 0 Å². The number of carbonyl (C=O) groups excluding carboxylic acids is 2. The molecule has 0 aliphatic heterocycles. The lowest BCUT2D eigenvalue weighted by Crippen LogP contribution is -2.58. The van der Waals surface area contributed by atoms with Crippen LogP contribution in [0.25, 0.3) is 0 Å². The second kappa shape index (κ2) is 4.00. The van der Waals surface area contributed by atoms with Crippen molar-refractivity contribution in [3.63, 3.8) is 0 Å². The third-order valence-corrected chi connectivity index (χ3v) is 2.15. The van der Waals surface area contributed by atoms with Gasteiger partial charge in [0.2, 0.25) is 0 Å². The molecule has 5 nitrogen and oxygen atoms in total. The minimum Gasteiger partial charge on any atom is -0.478 e. The molecule has 0 bridgehead atoms. The van der Waals surface area contributed by atoms with Crippen molar-refractivity contribution in [2.75, 3.05) is 0 Å². The number of esters is 1. The molecule has 0 fully saturated rings. The Labute approximate surface area is 88.4 Å². The van der Waals surface area contributed by atoms with Gasteiger partial charge in [0.15, 0.2) is 5.78 Å². The molecule has 5 heteroatoms. The van der Waals surface area contributed by atoms with Crippen LogP contribution in [0.3, 0.4) is 0 Å². The summed E-state index contributed by atoms with van der Waals surface area (Å²) in [6, 6.07) is 0. The van der Waals surface area contributed by atoms with Gasteiger partial charge >= 0.3 is 11.9 Å². The Morgan fingerprint density at radius 1 is 1.07 bits per heavy atom. The first-order chi connectivity index (χ1) is 6.55. The number of aliphatic carboxylic acids is 1. The topological polar surface area (TPSA) is 80.7 Å².